The second kappa shape index (κ2) is 9.26. The van der Waals surface area contributed by atoms with Gasteiger partial charge in [-0.15, -0.1) is 0 Å². The topological polar surface area (TPSA) is 55.9 Å². The van der Waals surface area contributed by atoms with Crippen molar-refractivity contribution in [2.24, 2.45) is 0 Å². The number of nitrogens with one attached hydrogen (secondary N) is 1. The fourth-order valence-electron chi connectivity index (χ4n) is 4.63. The molecule has 6 heteroatoms. The molecule has 1 aromatic carbocycles. The van der Waals surface area contributed by atoms with Crippen molar-refractivity contribution >= 4 is 17.5 Å². The van der Waals surface area contributed by atoms with E-state index < -0.39 is 5.54 Å². The summed E-state index contributed by atoms with van der Waals surface area (Å²) in [6.07, 6.45) is 4.92. The first-order valence-corrected chi connectivity index (χ1v) is 10.9. The van der Waals surface area contributed by atoms with Crippen LogP contribution >= 0.6 is 0 Å². The molecule has 2 amide bonds. The maximum absolute atomic E-state index is 13.4. The fraction of sp³-hybridized carbons (Fsp3) is 0.652. The van der Waals surface area contributed by atoms with E-state index in [-0.39, 0.29) is 11.8 Å². The van der Waals surface area contributed by atoms with Crippen molar-refractivity contribution in [2.75, 3.05) is 52.1 Å². The van der Waals surface area contributed by atoms with E-state index >= 15 is 0 Å². The molecule has 0 atom stereocenters. The number of likely N-dealkylation sites (N-methyl/N-ethyl adjacent to an activating group) is 1. The van der Waals surface area contributed by atoms with Crippen molar-refractivity contribution in [1.82, 2.24) is 14.7 Å². The third-order valence-electron chi connectivity index (χ3n) is 6.75. The Hall–Kier alpha value is -1.92. The Morgan fingerprint density at radius 2 is 1.59 bits per heavy atom. The number of aryl methyl sites for hydroxylation is 2. The molecule has 0 radical (unpaired) electrons. The second-order valence-electron chi connectivity index (χ2n) is 8.86. The minimum absolute atomic E-state index is 0.0573. The van der Waals surface area contributed by atoms with Gasteiger partial charge >= 0.3 is 0 Å². The van der Waals surface area contributed by atoms with Gasteiger partial charge in [0.05, 0.1) is 6.54 Å². The van der Waals surface area contributed by atoms with E-state index in [1.807, 2.05) is 51.0 Å². The average Bonchev–Trinajstić information content (AvgIpc) is 2.71. The van der Waals surface area contributed by atoms with Crippen LogP contribution in [0.15, 0.2) is 18.2 Å². The van der Waals surface area contributed by atoms with Crippen LogP contribution in [0, 0.1) is 13.8 Å². The van der Waals surface area contributed by atoms with E-state index in [0.717, 1.165) is 68.7 Å². The second-order valence-corrected chi connectivity index (χ2v) is 8.86. The quantitative estimate of drug-likeness (QED) is 0.826. The van der Waals surface area contributed by atoms with E-state index in [1.54, 1.807) is 0 Å². The molecular weight excluding hydrogens is 364 g/mol. The number of likely N-dealkylation sites (tertiary alicyclic amines) is 2. The van der Waals surface area contributed by atoms with E-state index in [2.05, 4.69) is 15.1 Å². The Morgan fingerprint density at radius 1 is 1.00 bits per heavy atom. The summed E-state index contributed by atoms with van der Waals surface area (Å²) >= 11 is 0. The van der Waals surface area contributed by atoms with Crippen LogP contribution in [0.25, 0.3) is 0 Å². The van der Waals surface area contributed by atoms with Gasteiger partial charge in [-0.3, -0.25) is 19.4 Å². The van der Waals surface area contributed by atoms with Gasteiger partial charge in [0.2, 0.25) is 11.8 Å². The minimum Gasteiger partial charge on any atom is -0.342 e. The molecule has 6 nitrogen and oxygen atoms in total. The Morgan fingerprint density at radius 3 is 2.14 bits per heavy atom. The lowest BCUT2D eigenvalue weighted by molar-refractivity contribution is -0.135. The lowest BCUT2D eigenvalue weighted by atomic mass is 9.85. The van der Waals surface area contributed by atoms with Gasteiger partial charge in [-0.2, -0.15) is 0 Å². The zero-order valence-electron chi connectivity index (χ0n) is 18.5. The standard InChI is InChI=1S/C23H36N4O2/c1-18-9-8-10-19(2)21(18)24-22(29)23(25(3)4)11-15-26(16-12-23)17-20(28)27-13-6-5-7-14-27/h8-10H,5-7,11-17H2,1-4H3,(H,24,29). The zero-order chi connectivity index (χ0) is 21.0. The van der Waals surface area contributed by atoms with Crippen molar-refractivity contribution in [3.8, 4) is 0 Å². The minimum atomic E-state index is -0.542. The molecule has 160 valence electrons. The molecule has 0 bridgehead atoms. The van der Waals surface area contributed by atoms with Crippen molar-refractivity contribution in [1.29, 1.82) is 0 Å². The van der Waals surface area contributed by atoms with Crippen molar-refractivity contribution in [2.45, 2.75) is 51.5 Å². The smallest absolute Gasteiger partial charge is 0.244 e. The molecule has 1 N–H and O–H groups in total. The SMILES string of the molecule is Cc1cccc(C)c1NC(=O)C1(N(C)C)CCN(CC(=O)N2CCCCC2)CC1. The Labute approximate surface area is 175 Å². The molecule has 29 heavy (non-hydrogen) atoms. The van der Waals surface area contributed by atoms with Crippen LogP contribution in [-0.4, -0.2) is 78.9 Å². The highest BCUT2D eigenvalue weighted by Gasteiger charge is 2.43. The molecule has 2 aliphatic heterocycles. The summed E-state index contributed by atoms with van der Waals surface area (Å²) in [5, 5.41) is 3.20. The van der Waals surface area contributed by atoms with Crippen LogP contribution in [0.2, 0.25) is 0 Å². The zero-order valence-corrected chi connectivity index (χ0v) is 18.5. The summed E-state index contributed by atoms with van der Waals surface area (Å²) in [5.41, 5.74) is 2.54. The summed E-state index contributed by atoms with van der Waals surface area (Å²) < 4.78 is 0. The first-order valence-electron chi connectivity index (χ1n) is 10.9. The Bertz CT molecular complexity index is 712. The monoisotopic (exact) mass is 400 g/mol. The van der Waals surface area contributed by atoms with Gasteiger partial charge in [-0.1, -0.05) is 18.2 Å². The van der Waals surface area contributed by atoms with E-state index in [0.29, 0.717) is 6.54 Å². The number of benzene rings is 1. The molecule has 1 aromatic rings. The van der Waals surface area contributed by atoms with Crippen molar-refractivity contribution in [3.05, 3.63) is 29.3 Å². The molecule has 0 aliphatic carbocycles. The number of rotatable bonds is 5. The van der Waals surface area contributed by atoms with Gasteiger partial charge < -0.3 is 10.2 Å². The van der Waals surface area contributed by atoms with E-state index in [4.69, 9.17) is 0 Å². The molecular formula is C23H36N4O2. The van der Waals surface area contributed by atoms with Crippen LogP contribution < -0.4 is 5.32 Å². The highest BCUT2D eigenvalue weighted by molar-refractivity contribution is 5.99. The first kappa shape index (κ1) is 21.8. The Balaban J connectivity index is 1.63. The van der Waals surface area contributed by atoms with Crippen molar-refractivity contribution in [3.63, 3.8) is 0 Å². The van der Waals surface area contributed by atoms with Gasteiger partial charge in [-0.05, 0) is 71.2 Å². The maximum Gasteiger partial charge on any atom is 0.244 e. The van der Waals surface area contributed by atoms with Crippen LogP contribution in [0.4, 0.5) is 5.69 Å². The fourth-order valence-corrected chi connectivity index (χ4v) is 4.63. The first-order chi connectivity index (χ1) is 13.8. The molecule has 2 saturated heterocycles. The summed E-state index contributed by atoms with van der Waals surface area (Å²) in [4.78, 5) is 32.2. The molecule has 0 aromatic heterocycles. The molecule has 0 spiro atoms. The molecule has 2 heterocycles. The van der Waals surface area contributed by atoms with Gasteiger partial charge in [0.25, 0.3) is 0 Å². The number of para-hydroxylation sites is 1. The third-order valence-corrected chi connectivity index (χ3v) is 6.75. The number of nitrogens with zero attached hydrogens (tertiary/aromatic N) is 3. The van der Waals surface area contributed by atoms with E-state index in [9.17, 15) is 9.59 Å². The van der Waals surface area contributed by atoms with Gasteiger partial charge in [0.1, 0.15) is 5.54 Å². The number of hydrogen-bond acceptors (Lipinski definition) is 4. The number of anilines is 1. The number of hydrogen-bond donors (Lipinski definition) is 1. The summed E-state index contributed by atoms with van der Waals surface area (Å²) in [6, 6.07) is 6.07. The maximum atomic E-state index is 13.4. The summed E-state index contributed by atoms with van der Waals surface area (Å²) in [5.74, 6) is 0.295. The van der Waals surface area contributed by atoms with Gasteiger partial charge in [0, 0.05) is 31.9 Å². The summed E-state index contributed by atoms with van der Waals surface area (Å²) in [6.45, 7) is 7.84. The van der Waals surface area contributed by atoms with Crippen LogP contribution in [0.3, 0.4) is 0 Å². The highest BCUT2D eigenvalue weighted by Crippen LogP contribution is 2.30. The largest absolute Gasteiger partial charge is 0.342 e. The molecule has 0 unspecified atom stereocenters. The number of piperidine rings is 2. The lowest BCUT2D eigenvalue weighted by Gasteiger charge is -2.45. The van der Waals surface area contributed by atoms with Crippen LogP contribution in [-0.2, 0) is 9.59 Å². The van der Waals surface area contributed by atoms with Gasteiger partial charge in [0.15, 0.2) is 0 Å². The number of amides is 2. The molecule has 2 aliphatic rings. The van der Waals surface area contributed by atoms with Crippen molar-refractivity contribution < 1.29 is 9.59 Å². The van der Waals surface area contributed by atoms with Crippen LogP contribution in [0.1, 0.15) is 43.2 Å². The lowest BCUT2D eigenvalue weighted by Crippen LogP contribution is -2.60. The number of carbonyl (C=O) groups is 2. The predicted molar refractivity (Wildman–Crippen MR) is 117 cm³/mol. The average molecular weight is 401 g/mol. The summed E-state index contributed by atoms with van der Waals surface area (Å²) in [7, 11) is 3.97. The molecule has 2 fully saturated rings. The highest BCUT2D eigenvalue weighted by atomic mass is 16.2. The van der Waals surface area contributed by atoms with Crippen LogP contribution in [0.5, 0.6) is 0 Å². The Kier molecular flexibility index (Phi) is 6.96. The number of carbonyl (C=O) groups excluding carboxylic acids is 2. The van der Waals surface area contributed by atoms with E-state index in [1.165, 1.54) is 6.42 Å². The molecule has 0 saturated carbocycles. The normalized spacial score (nSPS) is 20.0. The third kappa shape index (κ3) is 4.81. The molecule has 3 rings (SSSR count). The predicted octanol–water partition coefficient (Wildman–Crippen LogP) is 2.65. The van der Waals surface area contributed by atoms with Gasteiger partial charge in [-0.25, -0.2) is 0 Å².